The van der Waals surface area contributed by atoms with Crippen LogP contribution in [0.3, 0.4) is 0 Å². The van der Waals surface area contributed by atoms with Gasteiger partial charge in [-0.3, -0.25) is 0 Å². The molecule has 0 N–H and O–H groups in total. The molecule has 2 nitrogen and oxygen atoms in total. The molecule has 2 aliphatic heterocycles. The lowest BCUT2D eigenvalue weighted by atomic mass is 9.73. The van der Waals surface area contributed by atoms with Gasteiger partial charge in [-0.05, 0) is 62.2 Å². The lowest BCUT2D eigenvalue weighted by molar-refractivity contribution is -0.0703. The van der Waals surface area contributed by atoms with E-state index in [2.05, 4.69) is 34.6 Å². The highest BCUT2D eigenvalue weighted by molar-refractivity contribution is 4.85. The summed E-state index contributed by atoms with van der Waals surface area (Å²) in [6, 6.07) is 0. The van der Waals surface area contributed by atoms with Crippen molar-refractivity contribution < 1.29 is 9.47 Å². The molecule has 0 radical (unpaired) electrons. The van der Waals surface area contributed by atoms with E-state index in [1.807, 2.05) is 0 Å². The monoisotopic (exact) mass is 282 g/mol. The fraction of sp³-hybridized carbons (Fsp3) is 1.00. The fourth-order valence-electron chi connectivity index (χ4n) is 3.91. The molecule has 2 heterocycles. The zero-order chi connectivity index (χ0) is 14.8. The molecule has 2 aliphatic rings. The van der Waals surface area contributed by atoms with Crippen molar-refractivity contribution in [1.29, 1.82) is 0 Å². The molecule has 0 amide bonds. The smallest absolute Gasteiger partial charge is 0.0605 e. The van der Waals surface area contributed by atoms with Crippen LogP contribution in [0.5, 0.6) is 0 Å². The van der Waals surface area contributed by atoms with Gasteiger partial charge in [-0.2, -0.15) is 0 Å². The molecule has 2 fully saturated rings. The fourth-order valence-corrected chi connectivity index (χ4v) is 3.91. The van der Waals surface area contributed by atoms with Gasteiger partial charge in [0.15, 0.2) is 0 Å². The zero-order valence-electron chi connectivity index (χ0n) is 14.2. The van der Waals surface area contributed by atoms with Crippen molar-refractivity contribution in [2.24, 2.45) is 16.7 Å². The lowest BCUT2D eigenvalue weighted by Gasteiger charge is -2.41. The van der Waals surface area contributed by atoms with Crippen LogP contribution in [-0.2, 0) is 9.47 Å². The summed E-state index contributed by atoms with van der Waals surface area (Å²) in [5.74, 6) is 0.685. The van der Waals surface area contributed by atoms with E-state index in [0.29, 0.717) is 29.0 Å². The Kier molecular flexibility index (Phi) is 5.18. The number of ether oxygens (including phenoxy) is 2. The normalized spacial score (nSPS) is 39.5. The summed E-state index contributed by atoms with van der Waals surface area (Å²) in [4.78, 5) is 0. The highest BCUT2D eigenvalue weighted by Gasteiger charge is 2.34. The van der Waals surface area contributed by atoms with E-state index >= 15 is 0 Å². The Balaban J connectivity index is 1.81. The van der Waals surface area contributed by atoms with Crippen LogP contribution < -0.4 is 0 Å². The van der Waals surface area contributed by atoms with E-state index in [0.717, 1.165) is 13.2 Å². The molecule has 2 unspecified atom stereocenters. The third kappa shape index (κ3) is 4.46. The summed E-state index contributed by atoms with van der Waals surface area (Å²) < 4.78 is 11.7. The first kappa shape index (κ1) is 16.3. The molecular formula is C18H34O2. The molecule has 20 heavy (non-hydrogen) atoms. The highest BCUT2D eigenvalue weighted by atomic mass is 16.5. The maximum absolute atomic E-state index is 6.04. The van der Waals surface area contributed by atoms with Crippen molar-refractivity contribution in [2.45, 2.75) is 85.4 Å². The van der Waals surface area contributed by atoms with Gasteiger partial charge >= 0.3 is 0 Å². The first-order valence-electron chi connectivity index (χ1n) is 8.53. The van der Waals surface area contributed by atoms with Gasteiger partial charge in [0.05, 0.1) is 12.2 Å². The van der Waals surface area contributed by atoms with Crippen LogP contribution in [0.15, 0.2) is 0 Å². The maximum Gasteiger partial charge on any atom is 0.0605 e. The molecule has 2 rings (SSSR count). The van der Waals surface area contributed by atoms with Crippen molar-refractivity contribution in [3.63, 3.8) is 0 Å². The van der Waals surface area contributed by atoms with E-state index in [4.69, 9.17) is 9.47 Å². The van der Waals surface area contributed by atoms with Gasteiger partial charge in [0, 0.05) is 13.2 Å². The molecule has 0 spiro atoms. The Morgan fingerprint density at radius 1 is 1.05 bits per heavy atom. The Bertz CT molecular complexity index is 313. The van der Waals surface area contributed by atoms with Gasteiger partial charge in [0.25, 0.3) is 0 Å². The Hall–Kier alpha value is -0.0800. The van der Waals surface area contributed by atoms with Gasteiger partial charge in [-0.15, -0.1) is 0 Å². The number of hydrogen-bond donors (Lipinski definition) is 0. The minimum Gasteiger partial charge on any atom is -0.378 e. The summed E-state index contributed by atoms with van der Waals surface area (Å²) in [7, 11) is 0. The van der Waals surface area contributed by atoms with E-state index in [-0.39, 0.29) is 0 Å². The predicted octanol–water partition coefficient (Wildman–Crippen LogP) is 4.81. The maximum atomic E-state index is 6.04. The minimum atomic E-state index is 0.439. The van der Waals surface area contributed by atoms with Crippen molar-refractivity contribution in [2.75, 3.05) is 13.2 Å². The van der Waals surface area contributed by atoms with Crippen molar-refractivity contribution in [1.82, 2.24) is 0 Å². The van der Waals surface area contributed by atoms with Crippen LogP contribution >= 0.6 is 0 Å². The van der Waals surface area contributed by atoms with Crippen LogP contribution in [0.1, 0.15) is 73.1 Å². The second kappa shape index (κ2) is 6.36. The third-order valence-corrected chi connectivity index (χ3v) is 5.59. The van der Waals surface area contributed by atoms with E-state index in [9.17, 15) is 0 Å². The van der Waals surface area contributed by atoms with Gasteiger partial charge in [0.2, 0.25) is 0 Å². The highest BCUT2D eigenvalue weighted by Crippen LogP contribution is 2.41. The molecule has 0 bridgehead atoms. The minimum absolute atomic E-state index is 0.439. The summed E-state index contributed by atoms with van der Waals surface area (Å²) in [6.45, 7) is 13.7. The quantitative estimate of drug-likeness (QED) is 0.736. The van der Waals surface area contributed by atoms with E-state index < -0.39 is 0 Å². The van der Waals surface area contributed by atoms with Crippen LogP contribution in [0.2, 0.25) is 0 Å². The molecule has 0 saturated carbocycles. The average molecular weight is 282 g/mol. The number of hydrogen-bond acceptors (Lipinski definition) is 2. The second-order valence-corrected chi connectivity index (χ2v) is 8.49. The molecule has 0 aromatic rings. The Morgan fingerprint density at radius 2 is 1.75 bits per heavy atom. The Labute approximate surface area is 125 Å². The molecule has 2 heteroatoms. The Morgan fingerprint density at radius 3 is 2.40 bits per heavy atom. The first-order chi connectivity index (χ1) is 9.30. The van der Waals surface area contributed by atoms with Crippen LogP contribution in [0.25, 0.3) is 0 Å². The van der Waals surface area contributed by atoms with Gasteiger partial charge in [0.1, 0.15) is 0 Å². The van der Waals surface area contributed by atoms with Crippen molar-refractivity contribution in [3.8, 4) is 0 Å². The summed E-state index contributed by atoms with van der Waals surface area (Å²) in [6.07, 6.45) is 8.41. The summed E-state index contributed by atoms with van der Waals surface area (Å²) in [5.41, 5.74) is 0.949. The first-order valence-corrected chi connectivity index (χ1v) is 8.53. The molecule has 0 aliphatic carbocycles. The van der Waals surface area contributed by atoms with Crippen LogP contribution in [0, 0.1) is 16.7 Å². The van der Waals surface area contributed by atoms with Gasteiger partial charge in [-0.25, -0.2) is 0 Å². The van der Waals surface area contributed by atoms with Gasteiger partial charge < -0.3 is 9.47 Å². The average Bonchev–Trinajstić information content (AvgIpc) is 2.34. The molecular weight excluding hydrogens is 248 g/mol. The summed E-state index contributed by atoms with van der Waals surface area (Å²) >= 11 is 0. The summed E-state index contributed by atoms with van der Waals surface area (Å²) in [5, 5.41) is 0. The van der Waals surface area contributed by atoms with E-state index in [1.165, 1.54) is 38.5 Å². The van der Waals surface area contributed by atoms with Crippen molar-refractivity contribution in [3.05, 3.63) is 0 Å². The van der Waals surface area contributed by atoms with E-state index in [1.54, 1.807) is 0 Å². The molecule has 0 aromatic heterocycles. The van der Waals surface area contributed by atoms with Gasteiger partial charge in [-0.1, -0.05) is 27.7 Å². The van der Waals surface area contributed by atoms with Crippen molar-refractivity contribution >= 4 is 0 Å². The largest absolute Gasteiger partial charge is 0.378 e. The molecule has 4 atom stereocenters. The molecule has 0 aromatic carbocycles. The second-order valence-electron chi connectivity index (χ2n) is 8.49. The zero-order valence-corrected chi connectivity index (χ0v) is 14.2. The lowest BCUT2D eigenvalue weighted by Crippen LogP contribution is -2.36. The third-order valence-electron chi connectivity index (χ3n) is 5.59. The molecule has 2 saturated heterocycles. The standard InChI is InChI=1S/C18H34O2/c1-14(16-13-17(3,4)8-10-20-16)6-7-18(5)9-11-19-15(2)12-18/h14-16H,6-13H2,1-5H3/t14?,15-,16-,18?/m0/s1. The van der Waals surface area contributed by atoms with Crippen LogP contribution in [-0.4, -0.2) is 25.4 Å². The SMILES string of the molecule is CC(CCC1(C)CCO[C@@H](C)C1)[C@@H]1CC(C)(C)CCO1. The van der Waals surface area contributed by atoms with Crippen LogP contribution in [0.4, 0.5) is 0 Å². The topological polar surface area (TPSA) is 18.5 Å². The molecule has 118 valence electrons. The number of rotatable bonds is 4. The predicted molar refractivity (Wildman–Crippen MR) is 83.9 cm³/mol.